The Morgan fingerprint density at radius 1 is 1.41 bits per heavy atom. The van der Waals surface area contributed by atoms with Crippen molar-refractivity contribution >= 4 is 41.4 Å². The van der Waals surface area contributed by atoms with Crippen LogP contribution in [0.15, 0.2) is 40.5 Å². The molecule has 1 heterocycles. The number of nitro benzene ring substituents is 1. The standard InChI is InChI=1S/C21H25N3O7S/c1-4-31-21(27)19-16(11-32-10-14(22)9-25)23-12(2)17(20(26)30-3)18(19)13-6-5-7-15(8-13)24(28)29/h5-9,14,17-18H,4,10-11,22H2,1-3H3. The maximum atomic E-state index is 13.0. The molecule has 0 saturated heterocycles. The lowest BCUT2D eigenvalue weighted by Crippen LogP contribution is -2.37. The summed E-state index contributed by atoms with van der Waals surface area (Å²) in [6.45, 7) is 3.37. The largest absolute Gasteiger partial charge is 0.468 e. The average Bonchev–Trinajstić information content (AvgIpc) is 2.78. The van der Waals surface area contributed by atoms with Crippen molar-refractivity contribution in [3.63, 3.8) is 0 Å². The number of carbonyl (C=O) groups excluding carboxylic acids is 3. The second-order valence-corrected chi connectivity index (χ2v) is 8.01. The lowest BCUT2D eigenvalue weighted by atomic mass is 9.75. The minimum absolute atomic E-state index is 0.0893. The monoisotopic (exact) mass is 463 g/mol. The molecule has 11 heteroatoms. The van der Waals surface area contributed by atoms with Gasteiger partial charge in [-0.3, -0.25) is 19.9 Å². The molecule has 2 N–H and O–H groups in total. The molecular weight excluding hydrogens is 438 g/mol. The van der Waals surface area contributed by atoms with E-state index < -0.39 is 34.7 Å². The van der Waals surface area contributed by atoms with Gasteiger partial charge in [-0.25, -0.2) is 4.79 Å². The average molecular weight is 464 g/mol. The Morgan fingerprint density at radius 3 is 2.72 bits per heavy atom. The highest BCUT2D eigenvalue weighted by molar-refractivity contribution is 7.99. The van der Waals surface area contributed by atoms with Crippen LogP contribution in [0.4, 0.5) is 5.69 Å². The predicted octanol–water partition coefficient (Wildman–Crippen LogP) is 2.02. The Labute approximate surface area is 189 Å². The molecule has 0 bridgehead atoms. The van der Waals surface area contributed by atoms with E-state index in [1.54, 1.807) is 19.9 Å². The van der Waals surface area contributed by atoms with Crippen LogP contribution in [0.2, 0.25) is 0 Å². The molecule has 1 aliphatic heterocycles. The zero-order valence-corrected chi connectivity index (χ0v) is 18.8. The Hall–Kier alpha value is -3.05. The molecule has 10 nitrogen and oxygen atoms in total. The normalized spacial score (nSPS) is 19.1. The lowest BCUT2D eigenvalue weighted by molar-refractivity contribution is -0.384. The number of aliphatic imine (C=N–C) groups is 1. The fraction of sp³-hybridized carbons (Fsp3) is 0.429. The van der Waals surface area contributed by atoms with Crippen molar-refractivity contribution in [2.24, 2.45) is 16.6 Å². The van der Waals surface area contributed by atoms with Gasteiger partial charge in [0.2, 0.25) is 0 Å². The highest BCUT2D eigenvalue weighted by Crippen LogP contribution is 2.41. The number of hydrogen-bond donors (Lipinski definition) is 1. The summed E-state index contributed by atoms with van der Waals surface area (Å²) in [5.74, 6) is -2.63. The summed E-state index contributed by atoms with van der Waals surface area (Å²) in [6, 6.07) is 5.08. The summed E-state index contributed by atoms with van der Waals surface area (Å²) in [5.41, 5.74) is 6.74. The highest BCUT2D eigenvalue weighted by Gasteiger charge is 2.43. The van der Waals surface area contributed by atoms with E-state index in [9.17, 15) is 24.5 Å². The topological polar surface area (TPSA) is 151 Å². The number of hydrogen-bond acceptors (Lipinski definition) is 10. The number of carbonyl (C=O) groups is 3. The van der Waals surface area contributed by atoms with E-state index in [1.807, 2.05) is 0 Å². The van der Waals surface area contributed by atoms with E-state index in [2.05, 4.69) is 4.99 Å². The molecule has 0 radical (unpaired) electrons. The quantitative estimate of drug-likeness (QED) is 0.238. The summed E-state index contributed by atoms with van der Waals surface area (Å²) in [4.78, 5) is 51.8. The molecule has 0 saturated carbocycles. The molecule has 172 valence electrons. The van der Waals surface area contributed by atoms with Crippen LogP contribution in [-0.4, -0.2) is 60.1 Å². The maximum Gasteiger partial charge on any atom is 0.336 e. The van der Waals surface area contributed by atoms with Gasteiger partial charge in [0, 0.05) is 35.3 Å². The van der Waals surface area contributed by atoms with E-state index in [1.165, 1.54) is 37.1 Å². The van der Waals surface area contributed by atoms with E-state index >= 15 is 0 Å². The van der Waals surface area contributed by atoms with Crippen molar-refractivity contribution in [2.75, 3.05) is 25.2 Å². The number of nitrogens with two attached hydrogens (primary N) is 1. The van der Waals surface area contributed by atoms with Gasteiger partial charge in [-0.05, 0) is 19.4 Å². The zero-order chi connectivity index (χ0) is 23.8. The third-order valence-corrected chi connectivity index (χ3v) is 5.93. The van der Waals surface area contributed by atoms with Gasteiger partial charge < -0.3 is 20.0 Å². The number of benzene rings is 1. The Morgan fingerprint density at radius 2 is 2.12 bits per heavy atom. The van der Waals surface area contributed by atoms with E-state index in [4.69, 9.17) is 15.2 Å². The predicted molar refractivity (Wildman–Crippen MR) is 119 cm³/mol. The van der Waals surface area contributed by atoms with Crippen LogP contribution in [0, 0.1) is 16.0 Å². The van der Waals surface area contributed by atoms with E-state index in [0.717, 1.165) is 0 Å². The number of nitro groups is 1. The van der Waals surface area contributed by atoms with Crippen LogP contribution in [0.25, 0.3) is 0 Å². The number of ether oxygens (including phenoxy) is 2. The molecule has 1 aliphatic rings. The third kappa shape index (κ3) is 5.80. The van der Waals surface area contributed by atoms with E-state index in [0.29, 0.717) is 29.0 Å². The second kappa shape index (κ2) is 11.5. The van der Waals surface area contributed by atoms with Gasteiger partial charge in [0.1, 0.15) is 12.2 Å². The molecule has 0 amide bonds. The first kappa shape index (κ1) is 25.2. The smallest absolute Gasteiger partial charge is 0.336 e. The minimum atomic E-state index is -0.965. The Balaban J connectivity index is 2.66. The summed E-state index contributed by atoms with van der Waals surface area (Å²) >= 11 is 1.30. The summed E-state index contributed by atoms with van der Waals surface area (Å²) in [5, 5.41) is 11.3. The first-order chi connectivity index (χ1) is 15.2. The first-order valence-corrected chi connectivity index (χ1v) is 11.0. The van der Waals surface area contributed by atoms with Crippen molar-refractivity contribution in [2.45, 2.75) is 25.8 Å². The molecule has 3 unspecified atom stereocenters. The number of nitrogens with zero attached hydrogens (tertiary/aromatic N) is 2. The van der Waals surface area contributed by atoms with Crippen LogP contribution in [0.1, 0.15) is 25.3 Å². The SMILES string of the molecule is CCOC(=O)C1=C(CSCC(N)C=O)N=C(C)C(C(=O)OC)C1c1cccc([N+](=O)[O-])c1. The van der Waals surface area contributed by atoms with Gasteiger partial charge in [-0.2, -0.15) is 11.8 Å². The molecule has 0 fully saturated rings. The Bertz CT molecular complexity index is 960. The van der Waals surface area contributed by atoms with Crippen LogP contribution in [0.3, 0.4) is 0 Å². The van der Waals surface area contributed by atoms with Crippen LogP contribution < -0.4 is 5.73 Å². The minimum Gasteiger partial charge on any atom is -0.468 e. The van der Waals surface area contributed by atoms with Crippen molar-refractivity contribution in [3.05, 3.63) is 51.2 Å². The number of esters is 2. The fourth-order valence-corrected chi connectivity index (χ4v) is 4.33. The van der Waals surface area contributed by atoms with Gasteiger partial charge in [-0.1, -0.05) is 12.1 Å². The highest BCUT2D eigenvalue weighted by atomic mass is 32.2. The fourth-order valence-electron chi connectivity index (χ4n) is 3.45. The van der Waals surface area contributed by atoms with Gasteiger partial charge in [-0.15, -0.1) is 0 Å². The van der Waals surface area contributed by atoms with Gasteiger partial charge in [0.15, 0.2) is 0 Å². The van der Waals surface area contributed by atoms with Crippen LogP contribution >= 0.6 is 11.8 Å². The molecule has 2 rings (SSSR count). The molecule has 1 aromatic carbocycles. The summed E-state index contributed by atoms with van der Waals surface area (Å²) in [6.07, 6.45) is 0.627. The van der Waals surface area contributed by atoms with Crippen LogP contribution in [-0.2, 0) is 23.9 Å². The van der Waals surface area contributed by atoms with Crippen LogP contribution in [0.5, 0.6) is 0 Å². The molecule has 0 aromatic heterocycles. The number of non-ortho nitro benzene ring substituents is 1. The Kier molecular flexibility index (Phi) is 9.09. The zero-order valence-electron chi connectivity index (χ0n) is 18.0. The second-order valence-electron chi connectivity index (χ2n) is 6.98. The van der Waals surface area contributed by atoms with Gasteiger partial charge >= 0.3 is 11.9 Å². The van der Waals surface area contributed by atoms with Crippen molar-refractivity contribution in [1.82, 2.24) is 0 Å². The van der Waals surface area contributed by atoms with Crippen molar-refractivity contribution in [3.8, 4) is 0 Å². The molecule has 1 aromatic rings. The number of thioether (sulfide) groups is 1. The molecule has 0 aliphatic carbocycles. The number of aldehydes is 1. The van der Waals surface area contributed by atoms with E-state index in [-0.39, 0.29) is 23.6 Å². The third-order valence-electron chi connectivity index (χ3n) is 4.83. The summed E-state index contributed by atoms with van der Waals surface area (Å²) in [7, 11) is 1.22. The first-order valence-electron chi connectivity index (χ1n) is 9.81. The van der Waals surface area contributed by atoms with Gasteiger partial charge in [0.05, 0.1) is 36.0 Å². The molecule has 3 atom stereocenters. The van der Waals surface area contributed by atoms with Gasteiger partial charge in [0.25, 0.3) is 5.69 Å². The van der Waals surface area contributed by atoms with Crippen molar-refractivity contribution in [1.29, 1.82) is 0 Å². The summed E-state index contributed by atoms with van der Waals surface area (Å²) < 4.78 is 10.2. The number of methoxy groups -OCH3 is 1. The molecule has 32 heavy (non-hydrogen) atoms. The molecular formula is C21H25N3O7S. The maximum absolute atomic E-state index is 13.0. The van der Waals surface area contributed by atoms with Crippen molar-refractivity contribution < 1.29 is 28.8 Å². The lowest BCUT2D eigenvalue weighted by Gasteiger charge is -2.32. The molecule has 0 spiro atoms. The number of rotatable bonds is 10.